The van der Waals surface area contributed by atoms with E-state index in [1.165, 1.54) is 4.90 Å². The fourth-order valence-electron chi connectivity index (χ4n) is 3.89. The minimum Gasteiger partial charge on any atom is -0.494 e. The summed E-state index contributed by atoms with van der Waals surface area (Å²) < 4.78 is 7.02. The summed E-state index contributed by atoms with van der Waals surface area (Å²) in [5.74, 6) is 1.18. The summed E-state index contributed by atoms with van der Waals surface area (Å²) in [6.45, 7) is 6.22. The van der Waals surface area contributed by atoms with E-state index in [4.69, 9.17) is 21.3 Å². The van der Waals surface area contributed by atoms with Crippen LogP contribution in [0.4, 0.5) is 10.5 Å². The van der Waals surface area contributed by atoms with Gasteiger partial charge in [-0.15, -0.1) is 0 Å². The molecule has 1 unspecified atom stereocenters. The molecule has 35 heavy (non-hydrogen) atoms. The summed E-state index contributed by atoms with van der Waals surface area (Å²) in [5.41, 5.74) is 2.49. The van der Waals surface area contributed by atoms with Crippen molar-refractivity contribution in [3.05, 3.63) is 93.5 Å². The molecule has 1 N–H and O–H groups in total. The molecule has 1 aromatic heterocycles. The molecule has 1 atom stereocenters. The number of aryl methyl sites for hydroxylation is 1. The van der Waals surface area contributed by atoms with Gasteiger partial charge in [-0.3, -0.25) is 9.36 Å². The highest BCUT2D eigenvalue weighted by molar-refractivity contribution is 6.30. The van der Waals surface area contributed by atoms with Crippen LogP contribution in [-0.2, 0) is 0 Å². The van der Waals surface area contributed by atoms with Crippen LogP contribution in [-0.4, -0.2) is 34.1 Å². The number of urea groups is 1. The molecule has 0 bridgehead atoms. The van der Waals surface area contributed by atoms with Gasteiger partial charge < -0.3 is 15.0 Å². The van der Waals surface area contributed by atoms with Gasteiger partial charge in [0.2, 0.25) is 0 Å². The summed E-state index contributed by atoms with van der Waals surface area (Å²) >= 11 is 6.17. The van der Waals surface area contributed by atoms with Crippen LogP contribution < -0.4 is 15.6 Å². The Bertz CT molecular complexity index is 1430. The van der Waals surface area contributed by atoms with Gasteiger partial charge in [0.1, 0.15) is 11.6 Å². The molecule has 180 valence electrons. The van der Waals surface area contributed by atoms with Crippen molar-refractivity contribution < 1.29 is 9.53 Å². The lowest BCUT2D eigenvalue weighted by Gasteiger charge is -2.27. The summed E-state index contributed by atoms with van der Waals surface area (Å²) in [7, 11) is 1.68. The third kappa shape index (κ3) is 5.00. The fourth-order valence-corrected chi connectivity index (χ4v) is 4.12. The Labute approximate surface area is 208 Å². The number of anilines is 1. The Morgan fingerprint density at radius 1 is 1.14 bits per heavy atom. The van der Waals surface area contributed by atoms with E-state index in [1.807, 2.05) is 32.9 Å². The monoisotopic (exact) mass is 490 g/mol. The minimum absolute atomic E-state index is 0.205. The Morgan fingerprint density at radius 2 is 1.86 bits per heavy atom. The van der Waals surface area contributed by atoms with Crippen LogP contribution in [0, 0.1) is 6.92 Å². The quantitative estimate of drug-likeness (QED) is 0.361. The van der Waals surface area contributed by atoms with Crippen LogP contribution in [0.15, 0.2) is 71.5 Å². The number of hydrogen-bond acceptors (Lipinski definition) is 4. The van der Waals surface area contributed by atoms with Gasteiger partial charge in [0.05, 0.1) is 29.2 Å². The number of carbonyl (C=O) groups is 1. The van der Waals surface area contributed by atoms with E-state index in [-0.39, 0.29) is 11.6 Å². The SMILES string of the molecule is CCOc1ccc(NC(=O)N(C)C(C)c2nc3ccccc3c(=O)n2-c2ccc(Cl)cc2C)cc1. The number of nitrogens with zero attached hydrogens (tertiary/aromatic N) is 3. The van der Waals surface area contributed by atoms with E-state index in [1.54, 1.807) is 66.2 Å². The van der Waals surface area contributed by atoms with Gasteiger partial charge in [-0.05, 0) is 80.9 Å². The number of rotatable bonds is 6. The van der Waals surface area contributed by atoms with E-state index in [2.05, 4.69) is 5.32 Å². The first-order valence-corrected chi connectivity index (χ1v) is 11.7. The third-order valence-corrected chi connectivity index (χ3v) is 6.13. The van der Waals surface area contributed by atoms with Crippen molar-refractivity contribution in [1.29, 1.82) is 0 Å². The molecule has 0 saturated carbocycles. The first kappa shape index (κ1) is 24.3. The summed E-state index contributed by atoms with van der Waals surface area (Å²) in [4.78, 5) is 33.0. The lowest BCUT2D eigenvalue weighted by Crippen LogP contribution is -2.37. The van der Waals surface area contributed by atoms with Crippen molar-refractivity contribution in [1.82, 2.24) is 14.5 Å². The number of amides is 2. The molecule has 0 aliphatic heterocycles. The maximum absolute atomic E-state index is 13.6. The zero-order valence-corrected chi connectivity index (χ0v) is 20.8. The van der Waals surface area contributed by atoms with Crippen molar-refractivity contribution in [3.8, 4) is 11.4 Å². The average molecular weight is 491 g/mol. The molecular formula is C27H27ClN4O3. The summed E-state index contributed by atoms with van der Waals surface area (Å²) in [6.07, 6.45) is 0. The van der Waals surface area contributed by atoms with Crippen LogP contribution in [0.25, 0.3) is 16.6 Å². The highest BCUT2D eigenvalue weighted by atomic mass is 35.5. The number of nitrogens with one attached hydrogen (secondary N) is 1. The van der Waals surface area contributed by atoms with Crippen LogP contribution in [0.2, 0.25) is 5.02 Å². The molecule has 8 heteroatoms. The number of halogens is 1. The molecule has 0 fully saturated rings. The van der Waals surface area contributed by atoms with Gasteiger partial charge in [0.15, 0.2) is 0 Å². The normalized spacial score (nSPS) is 11.8. The van der Waals surface area contributed by atoms with E-state index < -0.39 is 6.04 Å². The second-order valence-corrected chi connectivity index (χ2v) is 8.67. The number of hydrogen-bond donors (Lipinski definition) is 1. The maximum Gasteiger partial charge on any atom is 0.322 e. The van der Waals surface area contributed by atoms with Crippen LogP contribution >= 0.6 is 11.6 Å². The number of fused-ring (bicyclic) bond motifs is 1. The van der Waals surface area contributed by atoms with Gasteiger partial charge >= 0.3 is 6.03 Å². The van der Waals surface area contributed by atoms with Crippen molar-refractivity contribution >= 4 is 34.2 Å². The molecule has 0 aliphatic carbocycles. The molecule has 2 amide bonds. The Hall–Kier alpha value is -3.84. The molecule has 0 spiro atoms. The largest absolute Gasteiger partial charge is 0.494 e. The van der Waals surface area contributed by atoms with Crippen LogP contribution in [0.3, 0.4) is 0 Å². The van der Waals surface area contributed by atoms with Gasteiger partial charge in [-0.2, -0.15) is 0 Å². The van der Waals surface area contributed by atoms with Gasteiger partial charge in [0.25, 0.3) is 5.56 Å². The van der Waals surface area contributed by atoms with E-state index >= 15 is 0 Å². The number of aromatic nitrogens is 2. The van der Waals surface area contributed by atoms with Crippen LogP contribution in [0.1, 0.15) is 31.3 Å². The molecule has 0 radical (unpaired) electrons. The van der Waals surface area contributed by atoms with Crippen molar-refractivity contribution in [2.75, 3.05) is 19.0 Å². The predicted octanol–water partition coefficient (Wildman–Crippen LogP) is 5.97. The summed E-state index contributed by atoms with van der Waals surface area (Å²) in [6, 6.07) is 18.8. The van der Waals surface area contributed by atoms with Crippen molar-refractivity contribution in [3.63, 3.8) is 0 Å². The van der Waals surface area contributed by atoms with E-state index in [0.717, 1.165) is 11.3 Å². The average Bonchev–Trinajstić information content (AvgIpc) is 2.85. The molecule has 0 saturated heterocycles. The highest BCUT2D eigenvalue weighted by Crippen LogP contribution is 2.26. The maximum atomic E-state index is 13.6. The minimum atomic E-state index is -0.523. The molecule has 0 aliphatic rings. The molecule has 4 rings (SSSR count). The second kappa shape index (κ2) is 10.2. The van der Waals surface area contributed by atoms with Crippen LogP contribution in [0.5, 0.6) is 5.75 Å². The number of ether oxygens (including phenoxy) is 1. The Kier molecular flexibility index (Phi) is 7.07. The lowest BCUT2D eigenvalue weighted by molar-refractivity contribution is 0.205. The van der Waals surface area contributed by atoms with Crippen molar-refractivity contribution in [2.24, 2.45) is 0 Å². The van der Waals surface area contributed by atoms with Gasteiger partial charge in [-0.1, -0.05) is 23.7 Å². The molecule has 3 aromatic carbocycles. The molecular weight excluding hydrogens is 464 g/mol. The zero-order valence-electron chi connectivity index (χ0n) is 20.1. The molecule has 4 aromatic rings. The zero-order chi connectivity index (χ0) is 25.1. The Morgan fingerprint density at radius 3 is 2.54 bits per heavy atom. The van der Waals surface area contributed by atoms with Crippen molar-refractivity contribution in [2.45, 2.75) is 26.8 Å². The number of carbonyl (C=O) groups excluding carboxylic acids is 1. The number of para-hydroxylation sites is 1. The highest BCUT2D eigenvalue weighted by Gasteiger charge is 2.25. The first-order chi connectivity index (χ1) is 16.8. The smallest absolute Gasteiger partial charge is 0.322 e. The second-order valence-electron chi connectivity index (χ2n) is 8.23. The fraction of sp³-hybridized carbons (Fsp3) is 0.222. The number of benzene rings is 3. The predicted molar refractivity (Wildman–Crippen MR) is 140 cm³/mol. The van der Waals surface area contributed by atoms with Gasteiger partial charge in [0, 0.05) is 17.8 Å². The van der Waals surface area contributed by atoms with Gasteiger partial charge in [-0.25, -0.2) is 9.78 Å². The summed E-state index contributed by atoms with van der Waals surface area (Å²) in [5, 5.41) is 3.97. The lowest BCUT2D eigenvalue weighted by atomic mass is 10.1. The van der Waals surface area contributed by atoms with E-state index in [9.17, 15) is 9.59 Å². The Balaban J connectivity index is 1.73. The standard InChI is InChI=1S/C27H27ClN4O3/c1-5-35-21-13-11-20(12-14-21)29-27(34)31(4)18(3)25-30-23-9-7-6-8-22(23)26(33)32(25)24-15-10-19(28)16-17(24)2/h6-16,18H,5H2,1-4H3,(H,29,34). The first-order valence-electron chi connectivity index (χ1n) is 11.3. The topological polar surface area (TPSA) is 76.5 Å². The third-order valence-electron chi connectivity index (χ3n) is 5.89. The molecule has 7 nitrogen and oxygen atoms in total. The molecule has 1 heterocycles. The van der Waals surface area contributed by atoms with E-state index in [0.29, 0.717) is 39.7 Å².